The standard InChI is InChI=1S/C26H33F3O2S.C2H6/c1-24-12-10-17(26(27,28)29)14-16(24)8-9-19-20(24)11-13-25(2)21(19)15-22(23(25)30)32-31-18-6-4-3-5-7-18;1-2/h3-7,16-17,19-22H,8-15H2,1-2H3;1-2H3/t16-,17?,19-,20?,21?,22?,24+,25+;/m1./s1. The number of Topliss-reactive ketones (excluding diaryl/α,β-unsaturated/α-hetero) is 1. The van der Waals surface area contributed by atoms with Crippen molar-refractivity contribution in [2.45, 2.75) is 90.5 Å². The number of carbonyl (C=O) groups is 1. The maximum Gasteiger partial charge on any atom is 0.391 e. The number of para-hydroxylation sites is 1. The lowest BCUT2D eigenvalue weighted by molar-refractivity contribution is -0.207. The summed E-state index contributed by atoms with van der Waals surface area (Å²) in [5, 5.41) is -0.157. The fourth-order valence-electron chi connectivity index (χ4n) is 7.99. The summed E-state index contributed by atoms with van der Waals surface area (Å²) < 4.78 is 46.1. The molecule has 5 rings (SSSR count). The Morgan fingerprint density at radius 3 is 2.32 bits per heavy atom. The van der Waals surface area contributed by atoms with E-state index < -0.39 is 12.1 Å². The molecule has 8 atom stereocenters. The van der Waals surface area contributed by atoms with Crippen molar-refractivity contribution < 1.29 is 22.1 Å². The average molecular weight is 497 g/mol. The molecule has 0 aliphatic heterocycles. The normalized spacial score (nSPS) is 41.4. The minimum absolute atomic E-state index is 0.0131. The second-order valence-corrected chi connectivity index (χ2v) is 12.1. The van der Waals surface area contributed by atoms with Crippen molar-refractivity contribution in [1.82, 2.24) is 0 Å². The summed E-state index contributed by atoms with van der Waals surface area (Å²) in [6.45, 7) is 8.42. The molecule has 0 amide bonds. The Bertz CT molecular complexity index is 859. The highest BCUT2D eigenvalue weighted by atomic mass is 32.2. The second kappa shape index (κ2) is 9.71. The molecule has 1 aromatic carbocycles. The van der Waals surface area contributed by atoms with E-state index in [0.29, 0.717) is 36.4 Å². The van der Waals surface area contributed by atoms with Gasteiger partial charge in [-0.05, 0) is 92.6 Å². The van der Waals surface area contributed by atoms with Gasteiger partial charge in [-0.1, -0.05) is 45.9 Å². The molecule has 2 nitrogen and oxygen atoms in total. The Hall–Kier alpha value is -1.17. The monoisotopic (exact) mass is 496 g/mol. The number of fused-ring (bicyclic) bond motifs is 5. The fraction of sp³-hybridized carbons (Fsp3) is 0.750. The Morgan fingerprint density at radius 2 is 1.65 bits per heavy atom. The van der Waals surface area contributed by atoms with Gasteiger partial charge >= 0.3 is 6.18 Å². The molecule has 0 aromatic heterocycles. The summed E-state index contributed by atoms with van der Waals surface area (Å²) >= 11 is 1.30. The lowest BCUT2D eigenvalue weighted by Gasteiger charge is -2.60. The molecular weight excluding hydrogens is 457 g/mol. The minimum atomic E-state index is -4.07. The van der Waals surface area contributed by atoms with E-state index in [4.69, 9.17) is 4.18 Å². The first-order valence-corrected chi connectivity index (χ1v) is 13.9. The van der Waals surface area contributed by atoms with Gasteiger partial charge in [0.15, 0.2) is 5.78 Å². The van der Waals surface area contributed by atoms with Crippen molar-refractivity contribution in [2.24, 2.45) is 40.4 Å². The number of benzene rings is 1. The van der Waals surface area contributed by atoms with E-state index in [1.165, 1.54) is 12.0 Å². The molecule has 4 aliphatic rings. The summed E-state index contributed by atoms with van der Waals surface area (Å²) in [4.78, 5) is 13.4. The number of rotatable bonds is 3. The van der Waals surface area contributed by atoms with Crippen LogP contribution in [0.5, 0.6) is 5.75 Å². The molecule has 4 fully saturated rings. The first-order chi connectivity index (χ1) is 16.1. The third kappa shape index (κ3) is 4.41. The Labute approximate surface area is 207 Å². The number of hydrogen-bond donors (Lipinski definition) is 0. The first-order valence-electron chi connectivity index (χ1n) is 13.1. The number of ketones is 1. The van der Waals surface area contributed by atoms with Gasteiger partial charge < -0.3 is 4.18 Å². The summed E-state index contributed by atoms with van der Waals surface area (Å²) in [5.74, 6) is 1.33. The van der Waals surface area contributed by atoms with E-state index in [1.807, 2.05) is 44.2 Å². The van der Waals surface area contributed by atoms with Crippen LogP contribution in [0.25, 0.3) is 0 Å². The lowest BCUT2D eigenvalue weighted by atomic mass is 9.44. The lowest BCUT2D eigenvalue weighted by Crippen LogP contribution is -2.54. The van der Waals surface area contributed by atoms with Crippen LogP contribution in [-0.4, -0.2) is 17.2 Å². The third-order valence-corrected chi connectivity index (χ3v) is 10.8. The van der Waals surface area contributed by atoms with Gasteiger partial charge in [-0.2, -0.15) is 13.2 Å². The van der Waals surface area contributed by atoms with Gasteiger partial charge in [0, 0.05) is 5.41 Å². The van der Waals surface area contributed by atoms with Gasteiger partial charge in [-0.25, -0.2) is 0 Å². The zero-order chi connectivity index (χ0) is 24.7. The smallest absolute Gasteiger partial charge is 0.391 e. The van der Waals surface area contributed by atoms with E-state index in [1.54, 1.807) is 0 Å². The van der Waals surface area contributed by atoms with Crippen LogP contribution in [0.1, 0.15) is 79.1 Å². The molecule has 4 unspecified atom stereocenters. The molecule has 190 valence electrons. The highest BCUT2D eigenvalue weighted by Crippen LogP contribution is 2.67. The predicted molar refractivity (Wildman–Crippen MR) is 131 cm³/mol. The molecule has 0 radical (unpaired) electrons. The number of hydrogen-bond acceptors (Lipinski definition) is 3. The summed E-state index contributed by atoms with van der Waals surface area (Å²) in [6, 6.07) is 9.58. The SMILES string of the molecule is CC.C[C@]12CCC3[C@@H](CC[C@@H]4CC(C(F)(F)F)CC[C@]34C)C1CC(SOc1ccccc1)C2=O. The summed E-state index contributed by atoms with van der Waals surface area (Å²) in [5.41, 5.74) is -0.327. The van der Waals surface area contributed by atoms with Crippen LogP contribution in [0.4, 0.5) is 13.2 Å². The largest absolute Gasteiger partial charge is 0.425 e. The summed E-state index contributed by atoms with van der Waals surface area (Å²) in [6.07, 6.45) is 1.70. The Kier molecular flexibility index (Phi) is 7.40. The Morgan fingerprint density at radius 1 is 0.941 bits per heavy atom. The van der Waals surface area contributed by atoms with Crippen molar-refractivity contribution in [3.05, 3.63) is 30.3 Å². The van der Waals surface area contributed by atoms with Gasteiger partial charge in [-0.15, -0.1) is 0 Å². The predicted octanol–water partition coefficient (Wildman–Crippen LogP) is 8.51. The average Bonchev–Trinajstić information content (AvgIpc) is 3.08. The van der Waals surface area contributed by atoms with Crippen LogP contribution in [0.15, 0.2) is 30.3 Å². The molecule has 6 heteroatoms. The highest BCUT2D eigenvalue weighted by molar-refractivity contribution is 7.96. The van der Waals surface area contributed by atoms with Crippen molar-refractivity contribution in [3.63, 3.8) is 0 Å². The Balaban J connectivity index is 0.00000133. The molecule has 4 saturated carbocycles. The van der Waals surface area contributed by atoms with Crippen LogP contribution in [0.2, 0.25) is 0 Å². The van der Waals surface area contributed by atoms with Gasteiger partial charge in [-0.3, -0.25) is 4.79 Å². The summed E-state index contributed by atoms with van der Waals surface area (Å²) in [7, 11) is 0. The minimum Gasteiger partial charge on any atom is -0.425 e. The van der Waals surface area contributed by atoms with Crippen LogP contribution in [0, 0.1) is 40.4 Å². The van der Waals surface area contributed by atoms with Crippen molar-refractivity contribution in [3.8, 4) is 5.75 Å². The molecule has 0 saturated heterocycles. The first kappa shape index (κ1) is 25.9. The molecule has 0 N–H and O–H groups in total. The molecular formula is C28H39F3O2S. The van der Waals surface area contributed by atoms with E-state index in [2.05, 4.69) is 13.8 Å². The number of halogens is 3. The van der Waals surface area contributed by atoms with Crippen LogP contribution < -0.4 is 4.18 Å². The zero-order valence-electron chi connectivity index (χ0n) is 20.9. The maximum atomic E-state index is 13.4. The maximum absolute atomic E-state index is 13.4. The van der Waals surface area contributed by atoms with E-state index >= 15 is 0 Å². The number of alkyl halides is 3. The quantitative estimate of drug-likeness (QED) is 0.392. The fourth-order valence-corrected chi connectivity index (χ4v) is 8.98. The molecule has 0 spiro atoms. The molecule has 1 aromatic rings. The second-order valence-electron chi connectivity index (χ2n) is 11.2. The van der Waals surface area contributed by atoms with Gasteiger partial charge in [0.05, 0.1) is 18.0 Å². The van der Waals surface area contributed by atoms with Crippen molar-refractivity contribution in [2.75, 3.05) is 0 Å². The van der Waals surface area contributed by atoms with Crippen LogP contribution in [-0.2, 0) is 4.79 Å². The van der Waals surface area contributed by atoms with E-state index in [-0.39, 0.29) is 28.4 Å². The third-order valence-electron chi connectivity index (χ3n) is 9.85. The van der Waals surface area contributed by atoms with Gasteiger partial charge in [0.2, 0.25) is 0 Å². The van der Waals surface area contributed by atoms with Crippen molar-refractivity contribution >= 4 is 17.8 Å². The number of carbonyl (C=O) groups excluding carboxylic acids is 1. The van der Waals surface area contributed by atoms with Crippen LogP contribution >= 0.6 is 12.0 Å². The zero-order valence-corrected chi connectivity index (χ0v) is 21.7. The van der Waals surface area contributed by atoms with Gasteiger partial charge in [0.1, 0.15) is 11.0 Å². The molecule has 34 heavy (non-hydrogen) atoms. The van der Waals surface area contributed by atoms with Crippen LogP contribution in [0.3, 0.4) is 0 Å². The topological polar surface area (TPSA) is 26.3 Å². The molecule has 0 bridgehead atoms. The molecule has 0 heterocycles. The van der Waals surface area contributed by atoms with Crippen molar-refractivity contribution in [1.29, 1.82) is 0 Å². The molecule has 4 aliphatic carbocycles. The van der Waals surface area contributed by atoms with Gasteiger partial charge in [0.25, 0.3) is 0 Å². The van der Waals surface area contributed by atoms with E-state index in [0.717, 1.165) is 37.9 Å². The highest BCUT2D eigenvalue weighted by Gasteiger charge is 2.63. The van der Waals surface area contributed by atoms with E-state index in [9.17, 15) is 18.0 Å².